The average Bonchev–Trinajstić information content (AvgIpc) is 2.44. The lowest BCUT2D eigenvalue weighted by atomic mass is 10.1. The molecule has 0 aliphatic rings. The molecule has 2 rings (SSSR count). The van der Waals surface area contributed by atoms with Gasteiger partial charge in [0.2, 0.25) is 0 Å². The number of methoxy groups -OCH3 is 2. The van der Waals surface area contributed by atoms with Crippen LogP contribution in [0.5, 0.6) is 11.5 Å². The fourth-order valence-corrected chi connectivity index (χ4v) is 2.13. The SMILES string of the molecule is CNc1cc(C(C)C)nc2c(OC)ccc(OC)c12. The molecule has 1 aromatic heterocycles. The first-order valence-corrected chi connectivity index (χ1v) is 6.35. The predicted molar refractivity (Wildman–Crippen MR) is 78.5 cm³/mol. The van der Waals surface area contributed by atoms with Crippen molar-refractivity contribution in [3.63, 3.8) is 0 Å². The first kappa shape index (κ1) is 13.5. The Bertz CT molecular complexity index is 594. The normalized spacial score (nSPS) is 10.8. The lowest BCUT2D eigenvalue weighted by Crippen LogP contribution is -2.01. The fourth-order valence-electron chi connectivity index (χ4n) is 2.13. The van der Waals surface area contributed by atoms with Gasteiger partial charge < -0.3 is 14.8 Å². The number of benzene rings is 1. The van der Waals surface area contributed by atoms with Crippen LogP contribution in [0.1, 0.15) is 25.5 Å². The van der Waals surface area contributed by atoms with Crippen LogP contribution in [0.15, 0.2) is 18.2 Å². The van der Waals surface area contributed by atoms with E-state index in [9.17, 15) is 0 Å². The molecule has 0 unspecified atom stereocenters. The smallest absolute Gasteiger partial charge is 0.145 e. The van der Waals surface area contributed by atoms with Crippen LogP contribution in [0.25, 0.3) is 10.9 Å². The molecule has 0 atom stereocenters. The van der Waals surface area contributed by atoms with Gasteiger partial charge in [-0.25, -0.2) is 4.98 Å². The summed E-state index contributed by atoms with van der Waals surface area (Å²) in [5, 5.41) is 4.17. The molecule has 0 spiro atoms. The Morgan fingerprint density at radius 2 is 1.74 bits per heavy atom. The summed E-state index contributed by atoms with van der Waals surface area (Å²) in [5.74, 6) is 1.91. The topological polar surface area (TPSA) is 43.4 Å². The summed E-state index contributed by atoms with van der Waals surface area (Å²) >= 11 is 0. The highest BCUT2D eigenvalue weighted by Crippen LogP contribution is 2.38. The van der Waals surface area contributed by atoms with E-state index in [0.717, 1.165) is 33.8 Å². The van der Waals surface area contributed by atoms with Gasteiger partial charge in [-0.05, 0) is 24.1 Å². The Labute approximate surface area is 113 Å². The molecule has 1 aromatic carbocycles. The summed E-state index contributed by atoms with van der Waals surface area (Å²) in [6.07, 6.45) is 0. The second-order valence-electron chi connectivity index (χ2n) is 4.69. The highest BCUT2D eigenvalue weighted by atomic mass is 16.5. The Balaban J connectivity index is 2.86. The molecular formula is C15H20N2O2. The molecule has 0 aliphatic carbocycles. The molecule has 0 saturated carbocycles. The van der Waals surface area contributed by atoms with Crippen molar-refractivity contribution in [3.8, 4) is 11.5 Å². The molecule has 0 amide bonds. The van der Waals surface area contributed by atoms with E-state index in [2.05, 4.69) is 25.2 Å². The van der Waals surface area contributed by atoms with Gasteiger partial charge >= 0.3 is 0 Å². The average molecular weight is 260 g/mol. The zero-order valence-corrected chi connectivity index (χ0v) is 12.1. The van der Waals surface area contributed by atoms with Crippen molar-refractivity contribution in [2.75, 3.05) is 26.6 Å². The van der Waals surface area contributed by atoms with E-state index < -0.39 is 0 Å². The highest BCUT2D eigenvalue weighted by molar-refractivity contribution is 5.99. The van der Waals surface area contributed by atoms with Crippen LogP contribution in [0, 0.1) is 0 Å². The zero-order valence-electron chi connectivity index (χ0n) is 12.1. The fraction of sp³-hybridized carbons (Fsp3) is 0.400. The number of fused-ring (bicyclic) bond motifs is 1. The van der Waals surface area contributed by atoms with Gasteiger partial charge in [-0.3, -0.25) is 0 Å². The summed E-state index contributed by atoms with van der Waals surface area (Å²) in [6.45, 7) is 4.25. The molecule has 19 heavy (non-hydrogen) atoms. The highest BCUT2D eigenvalue weighted by Gasteiger charge is 2.15. The van der Waals surface area contributed by atoms with Gasteiger partial charge in [-0.15, -0.1) is 0 Å². The predicted octanol–water partition coefficient (Wildman–Crippen LogP) is 3.42. The molecule has 0 aliphatic heterocycles. The van der Waals surface area contributed by atoms with Crippen LogP contribution in [0.2, 0.25) is 0 Å². The lowest BCUT2D eigenvalue weighted by molar-refractivity contribution is 0.409. The maximum atomic E-state index is 5.43. The second kappa shape index (κ2) is 5.34. The van der Waals surface area contributed by atoms with Gasteiger partial charge in [0.05, 0.1) is 19.6 Å². The van der Waals surface area contributed by atoms with E-state index in [1.54, 1.807) is 14.2 Å². The van der Waals surface area contributed by atoms with E-state index in [4.69, 9.17) is 14.5 Å². The number of anilines is 1. The van der Waals surface area contributed by atoms with Crippen molar-refractivity contribution < 1.29 is 9.47 Å². The number of ether oxygens (including phenoxy) is 2. The quantitative estimate of drug-likeness (QED) is 0.914. The number of nitrogens with zero attached hydrogens (tertiary/aromatic N) is 1. The van der Waals surface area contributed by atoms with Crippen molar-refractivity contribution in [2.45, 2.75) is 19.8 Å². The largest absolute Gasteiger partial charge is 0.496 e. The maximum absolute atomic E-state index is 5.43. The van der Waals surface area contributed by atoms with Crippen molar-refractivity contribution >= 4 is 16.6 Å². The number of hydrogen-bond acceptors (Lipinski definition) is 4. The number of nitrogens with one attached hydrogen (secondary N) is 1. The molecule has 0 saturated heterocycles. The molecule has 4 nitrogen and oxygen atoms in total. The summed E-state index contributed by atoms with van der Waals surface area (Å²) in [7, 11) is 5.22. The zero-order chi connectivity index (χ0) is 14.0. The third kappa shape index (κ3) is 2.30. The third-order valence-electron chi connectivity index (χ3n) is 3.21. The molecular weight excluding hydrogens is 240 g/mol. The molecule has 1 heterocycles. The van der Waals surface area contributed by atoms with E-state index in [0.29, 0.717) is 5.92 Å². The van der Waals surface area contributed by atoms with Crippen LogP contribution in [-0.2, 0) is 0 Å². The molecule has 0 bridgehead atoms. The molecule has 0 radical (unpaired) electrons. The number of aromatic nitrogens is 1. The standard InChI is InChI=1S/C15H20N2O2/c1-9(2)10-8-11(16-3)14-12(18-4)6-7-13(19-5)15(14)17-10/h6-9H,1-5H3,(H,16,17). The van der Waals surface area contributed by atoms with Crippen molar-refractivity contribution in [3.05, 3.63) is 23.9 Å². The first-order chi connectivity index (χ1) is 9.12. The maximum Gasteiger partial charge on any atom is 0.145 e. The van der Waals surface area contributed by atoms with Crippen LogP contribution < -0.4 is 14.8 Å². The van der Waals surface area contributed by atoms with Gasteiger partial charge in [-0.1, -0.05) is 13.8 Å². The van der Waals surface area contributed by atoms with Gasteiger partial charge in [0.25, 0.3) is 0 Å². The summed E-state index contributed by atoms with van der Waals surface area (Å²) in [4.78, 5) is 4.72. The third-order valence-corrected chi connectivity index (χ3v) is 3.21. The second-order valence-corrected chi connectivity index (χ2v) is 4.69. The Morgan fingerprint density at radius 3 is 2.26 bits per heavy atom. The minimum absolute atomic E-state index is 0.354. The lowest BCUT2D eigenvalue weighted by Gasteiger charge is -2.15. The van der Waals surface area contributed by atoms with Gasteiger partial charge in [0.1, 0.15) is 17.0 Å². The van der Waals surface area contributed by atoms with Gasteiger partial charge in [0, 0.05) is 18.4 Å². The van der Waals surface area contributed by atoms with Gasteiger partial charge in [-0.2, -0.15) is 0 Å². The monoisotopic (exact) mass is 260 g/mol. The number of hydrogen-bond donors (Lipinski definition) is 1. The molecule has 0 fully saturated rings. The van der Waals surface area contributed by atoms with Crippen LogP contribution in [-0.4, -0.2) is 26.3 Å². The molecule has 2 aromatic rings. The first-order valence-electron chi connectivity index (χ1n) is 6.35. The van der Waals surface area contributed by atoms with E-state index in [1.165, 1.54) is 0 Å². The van der Waals surface area contributed by atoms with Crippen LogP contribution in [0.3, 0.4) is 0 Å². The van der Waals surface area contributed by atoms with E-state index >= 15 is 0 Å². The summed E-state index contributed by atoms with van der Waals surface area (Å²) in [6, 6.07) is 5.85. The Hall–Kier alpha value is -1.97. The minimum Gasteiger partial charge on any atom is -0.496 e. The Morgan fingerprint density at radius 1 is 1.11 bits per heavy atom. The van der Waals surface area contributed by atoms with Crippen molar-refractivity contribution in [1.82, 2.24) is 4.98 Å². The van der Waals surface area contributed by atoms with Crippen LogP contribution in [0.4, 0.5) is 5.69 Å². The molecule has 4 heteroatoms. The summed E-state index contributed by atoms with van der Waals surface area (Å²) in [5.41, 5.74) is 2.87. The Kier molecular flexibility index (Phi) is 3.79. The van der Waals surface area contributed by atoms with Crippen molar-refractivity contribution in [2.24, 2.45) is 0 Å². The summed E-state index contributed by atoms with van der Waals surface area (Å²) < 4.78 is 10.8. The number of rotatable bonds is 4. The number of pyridine rings is 1. The molecule has 1 N–H and O–H groups in total. The van der Waals surface area contributed by atoms with Crippen molar-refractivity contribution in [1.29, 1.82) is 0 Å². The van der Waals surface area contributed by atoms with E-state index in [1.807, 2.05) is 19.2 Å². The van der Waals surface area contributed by atoms with Crippen LogP contribution >= 0.6 is 0 Å². The van der Waals surface area contributed by atoms with Gasteiger partial charge in [0.15, 0.2) is 0 Å². The molecule has 102 valence electrons. The van der Waals surface area contributed by atoms with E-state index in [-0.39, 0.29) is 0 Å². The minimum atomic E-state index is 0.354.